The minimum atomic E-state index is -3.72. The number of anilines is 1. The van der Waals surface area contributed by atoms with Gasteiger partial charge in [0.2, 0.25) is 15.9 Å². The number of hydrogen-bond acceptors (Lipinski definition) is 6. The van der Waals surface area contributed by atoms with Crippen molar-refractivity contribution in [2.75, 3.05) is 5.32 Å². The summed E-state index contributed by atoms with van der Waals surface area (Å²) in [4.78, 5) is 15.9. The fourth-order valence-electron chi connectivity index (χ4n) is 2.99. The molecule has 2 aromatic heterocycles. The van der Waals surface area contributed by atoms with Crippen LogP contribution in [0.15, 0.2) is 71.8 Å². The number of imidazole rings is 1. The van der Waals surface area contributed by atoms with Gasteiger partial charge in [-0.05, 0) is 42.0 Å². The first-order valence-electron chi connectivity index (χ1n) is 8.92. The summed E-state index contributed by atoms with van der Waals surface area (Å²) >= 11 is 0. The summed E-state index contributed by atoms with van der Waals surface area (Å²) in [5.74, 6) is 0.0952. The Hall–Kier alpha value is -3.76. The smallest absolute Gasteiger partial charge is 0.248 e. The van der Waals surface area contributed by atoms with Crippen LogP contribution in [0.1, 0.15) is 15.9 Å². The fourth-order valence-corrected chi connectivity index (χ4v) is 3.50. The van der Waals surface area contributed by atoms with E-state index in [9.17, 15) is 13.2 Å². The number of sulfonamides is 1. The molecule has 0 aliphatic carbocycles. The Labute approximate surface area is 172 Å². The molecule has 0 spiro atoms. The lowest BCUT2D eigenvalue weighted by Gasteiger charge is -2.08. The number of primary sulfonamides is 1. The van der Waals surface area contributed by atoms with E-state index in [0.717, 1.165) is 11.1 Å². The lowest BCUT2D eigenvalue weighted by Crippen LogP contribution is -2.12. The largest absolute Gasteiger partial charge is 0.366 e. The van der Waals surface area contributed by atoms with Gasteiger partial charge in [-0.3, -0.25) is 4.79 Å². The van der Waals surface area contributed by atoms with Crippen molar-refractivity contribution >= 4 is 27.4 Å². The van der Waals surface area contributed by atoms with Crippen LogP contribution in [0.3, 0.4) is 0 Å². The van der Waals surface area contributed by atoms with Gasteiger partial charge in [0, 0.05) is 17.7 Å². The monoisotopic (exact) mass is 422 g/mol. The van der Waals surface area contributed by atoms with Crippen LogP contribution in [0.25, 0.3) is 16.9 Å². The number of benzene rings is 2. The molecular weight excluding hydrogens is 404 g/mol. The van der Waals surface area contributed by atoms with Crippen molar-refractivity contribution in [2.24, 2.45) is 10.9 Å². The summed E-state index contributed by atoms with van der Waals surface area (Å²) in [5, 5.41) is 12.9. The van der Waals surface area contributed by atoms with Gasteiger partial charge in [-0.15, -0.1) is 5.10 Å². The first-order chi connectivity index (χ1) is 14.3. The molecule has 0 bridgehead atoms. The average Bonchev–Trinajstić information content (AvgIpc) is 3.15. The van der Waals surface area contributed by atoms with Gasteiger partial charge in [0.15, 0.2) is 5.65 Å². The molecule has 0 unspecified atom stereocenters. The van der Waals surface area contributed by atoms with Crippen LogP contribution in [0.5, 0.6) is 0 Å². The lowest BCUT2D eigenvalue weighted by molar-refractivity contribution is 0.100. The normalized spacial score (nSPS) is 11.5. The number of rotatable bonds is 6. The third-order valence-electron chi connectivity index (χ3n) is 4.53. The van der Waals surface area contributed by atoms with Crippen LogP contribution in [0.2, 0.25) is 0 Å². The van der Waals surface area contributed by atoms with E-state index >= 15 is 0 Å². The molecule has 4 aromatic rings. The number of aromatic nitrogens is 3. The standard InChI is InChI=1S/C20H18N6O3S/c21-20(27)15-3-1-2-14(10-15)17-12-24-19-9-8-18(25-26(17)19)23-11-13-4-6-16(7-5-13)30(22,28)29/h1-10,12H,11H2,(H2,21,27)(H,23,25)(H2,22,28,29). The van der Waals surface area contributed by atoms with Crippen LogP contribution in [-0.2, 0) is 16.6 Å². The number of nitrogens with two attached hydrogens (primary N) is 2. The zero-order valence-electron chi connectivity index (χ0n) is 15.7. The predicted octanol–water partition coefficient (Wildman–Crippen LogP) is 1.75. The van der Waals surface area contributed by atoms with Gasteiger partial charge in [0.25, 0.3) is 0 Å². The minimum Gasteiger partial charge on any atom is -0.366 e. The maximum Gasteiger partial charge on any atom is 0.248 e. The highest BCUT2D eigenvalue weighted by molar-refractivity contribution is 7.89. The number of fused-ring (bicyclic) bond motifs is 1. The van der Waals surface area contributed by atoms with Crippen LogP contribution in [0.4, 0.5) is 5.82 Å². The molecule has 9 nitrogen and oxygen atoms in total. The second kappa shape index (κ2) is 7.58. The Morgan fingerprint density at radius 3 is 2.53 bits per heavy atom. The summed E-state index contributed by atoms with van der Waals surface area (Å²) in [6, 6.07) is 16.9. The molecule has 0 atom stereocenters. The number of nitrogens with one attached hydrogen (secondary N) is 1. The Morgan fingerprint density at radius 1 is 1.07 bits per heavy atom. The van der Waals surface area contributed by atoms with Crippen molar-refractivity contribution in [2.45, 2.75) is 11.4 Å². The summed E-state index contributed by atoms with van der Waals surface area (Å²) < 4.78 is 24.4. The molecule has 0 saturated heterocycles. The molecule has 0 aliphatic rings. The van der Waals surface area contributed by atoms with E-state index in [1.54, 1.807) is 47.1 Å². The van der Waals surface area contributed by atoms with Crippen molar-refractivity contribution in [1.82, 2.24) is 14.6 Å². The van der Waals surface area contributed by atoms with Crippen LogP contribution in [-0.4, -0.2) is 28.9 Å². The second-order valence-corrected chi connectivity index (χ2v) is 8.18. The molecule has 5 N–H and O–H groups in total. The SMILES string of the molecule is NC(=O)c1cccc(-c2cnc3ccc(NCc4ccc(S(N)(=O)=O)cc4)nn23)c1. The van der Waals surface area contributed by atoms with E-state index in [2.05, 4.69) is 15.4 Å². The molecule has 152 valence electrons. The van der Waals surface area contributed by atoms with E-state index in [1.165, 1.54) is 12.1 Å². The minimum absolute atomic E-state index is 0.0621. The summed E-state index contributed by atoms with van der Waals surface area (Å²) in [5.41, 5.74) is 8.77. The maximum absolute atomic E-state index is 11.5. The molecule has 0 radical (unpaired) electrons. The Kier molecular flexibility index (Phi) is 4.94. The van der Waals surface area contributed by atoms with Crippen molar-refractivity contribution in [3.05, 3.63) is 78.0 Å². The van der Waals surface area contributed by atoms with Gasteiger partial charge >= 0.3 is 0 Å². The van der Waals surface area contributed by atoms with Crippen LogP contribution < -0.4 is 16.2 Å². The maximum atomic E-state index is 11.5. The van der Waals surface area contributed by atoms with Crippen molar-refractivity contribution < 1.29 is 13.2 Å². The number of hydrogen-bond donors (Lipinski definition) is 3. The highest BCUT2D eigenvalue weighted by Crippen LogP contribution is 2.22. The van der Waals surface area contributed by atoms with E-state index < -0.39 is 15.9 Å². The second-order valence-electron chi connectivity index (χ2n) is 6.62. The van der Waals surface area contributed by atoms with Crippen molar-refractivity contribution in [1.29, 1.82) is 0 Å². The molecular formula is C20H18N6O3S. The molecule has 4 rings (SSSR count). The predicted molar refractivity (Wildman–Crippen MR) is 112 cm³/mol. The number of carbonyl (C=O) groups is 1. The first-order valence-corrected chi connectivity index (χ1v) is 10.5. The van der Waals surface area contributed by atoms with Gasteiger partial charge in [0.1, 0.15) is 5.82 Å². The van der Waals surface area contributed by atoms with E-state index in [-0.39, 0.29) is 4.90 Å². The Bertz CT molecular complexity index is 1350. The molecule has 0 aliphatic heterocycles. The van der Waals surface area contributed by atoms with Gasteiger partial charge in [-0.2, -0.15) is 0 Å². The molecule has 30 heavy (non-hydrogen) atoms. The van der Waals surface area contributed by atoms with Gasteiger partial charge < -0.3 is 11.1 Å². The molecule has 2 heterocycles. The lowest BCUT2D eigenvalue weighted by atomic mass is 10.1. The number of primary amides is 1. The van der Waals surface area contributed by atoms with Crippen molar-refractivity contribution in [3.8, 4) is 11.3 Å². The first kappa shape index (κ1) is 19.6. The third-order valence-corrected chi connectivity index (χ3v) is 5.46. The molecule has 2 aromatic carbocycles. The Morgan fingerprint density at radius 2 is 1.83 bits per heavy atom. The van der Waals surface area contributed by atoms with E-state index in [0.29, 0.717) is 29.3 Å². The molecule has 10 heteroatoms. The Balaban J connectivity index is 1.58. The third kappa shape index (κ3) is 4.00. The number of carbonyl (C=O) groups excluding carboxylic acids is 1. The highest BCUT2D eigenvalue weighted by atomic mass is 32.2. The zero-order chi connectivity index (χ0) is 21.3. The van der Waals surface area contributed by atoms with Gasteiger partial charge in [0.05, 0.1) is 16.8 Å². The molecule has 0 saturated carbocycles. The van der Waals surface area contributed by atoms with Crippen molar-refractivity contribution in [3.63, 3.8) is 0 Å². The topological polar surface area (TPSA) is 145 Å². The summed E-state index contributed by atoms with van der Waals surface area (Å²) in [6.07, 6.45) is 1.68. The van der Waals surface area contributed by atoms with E-state index in [1.807, 2.05) is 12.1 Å². The fraction of sp³-hybridized carbons (Fsp3) is 0.0500. The molecule has 0 fully saturated rings. The summed E-state index contributed by atoms with van der Waals surface area (Å²) in [6.45, 7) is 0.435. The number of amides is 1. The van der Waals surface area contributed by atoms with E-state index in [4.69, 9.17) is 10.9 Å². The van der Waals surface area contributed by atoms with Crippen LogP contribution in [0, 0.1) is 0 Å². The summed E-state index contributed by atoms with van der Waals surface area (Å²) in [7, 11) is -3.72. The van der Waals surface area contributed by atoms with Crippen LogP contribution >= 0.6 is 0 Å². The molecule has 1 amide bonds. The average molecular weight is 422 g/mol. The quantitative estimate of drug-likeness (QED) is 0.432. The zero-order valence-corrected chi connectivity index (χ0v) is 16.5. The van der Waals surface area contributed by atoms with Gasteiger partial charge in [-0.1, -0.05) is 24.3 Å². The number of nitrogens with zero attached hydrogens (tertiary/aromatic N) is 3. The highest BCUT2D eigenvalue weighted by Gasteiger charge is 2.11. The van der Waals surface area contributed by atoms with Gasteiger partial charge in [-0.25, -0.2) is 23.1 Å².